The monoisotopic (exact) mass is 284 g/mol. The molecule has 0 aliphatic rings. The summed E-state index contributed by atoms with van der Waals surface area (Å²) < 4.78 is 0.951. The number of carboxylic acid groups (broad SMARTS) is 1. The third-order valence-electron chi connectivity index (χ3n) is 3.33. The highest BCUT2D eigenvalue weighted by Gasteiger charge is 2.12. The number of aromatic hydroxyl groups is 1. The number of aromatic carboxylic acids is 1. The maximum absolute atomic E-state index is 11.1. The molecule has 0 saturated heterocycles. The molecular formula is C16H12O3S. The Bertz CT molecular complexity index is 818. The number of hydrogen-bond acceptors (Lipinski definition) is 3. The van der Waals surface area contributed by atoms with Gasteiger partial charge < -0.3 is 10.2 Å². The molecule has 0 aliphatic heterocycles. The van der Waals surface area contributed by atoms with Gasteiger partial charge in [0.2, 0.25) is 0 Å². The standard InChI is InChI=1S/C16H12O3S/c1-9-6-11(17)3-5-12(9)10-2-4-13-14(16(18)19)8-20-15(13)7-10/h2-8,17H,1H3,(H,18,19). The lowest BCUT2D eigenvalue weighted by Crippen LogP contribution is -1.93. The van der Waals surface area contributed by atoms with E-state index in [1.807, 2.05) is 31.2 Å². The summed E-state index contributed by atoms with van der Waals surface area (Å²) >= 11 is 1.43. The van der Waals surface area contributed by atoms with Crippen LogP contribution in [0.2, 0.25) is 0 Å². The molecule has 0 bridgehead atoms. The Labute approximate surface area is 119 Å². The van der Waals surface area contributed by atoms with Gasteiger partial charge >= 0.3 is 5.97 Å². The molecule has 1 heterocycles. The Balaban J connectivity index is 2.16. The number of phenolic OH excluding ortho intramolecular Hbond substituents is 1. The van der Waals surface area contributed by atoms with Crippen molar-refractivity contribution in [1.82, 2.24) is 0 Å². The maximum atomic E-state index is 11.1. The molecule has 0 atom stereocenters. The number of phenols is 1. The Morgan fingerprint density at radius 3 is 2.65 bits per heavy atom. The number of benzene rings is 2. The molecule has 4 heteroatoms. The second kappa shape index (κ2) is 4.65. The fraction of sp³-hybridized carbons (Fsp3) is 0.0625. The number of carbonyl (C=O) groups is 1. The van der Waals surface area contributed by atoms with Crippen molar-refractivity contribution in [3.63, 3.8) is 0 Å². The minimum absolute atomic E-state index is 0.247. The summed E-state index contributed by atoms with van der Waals surface area (Å²) in [5, 5.41) is 21.0. The van der Waals surface area contributed by atoms with Crippen molar-refractivity contribution in [2.75, 3.05) is 0 Å². The number of rotatable bonds is 2. The number of hydrogen-bond donors (Lipinski definition) is 2. The molecule has 0 radical (unpaired) electrons. The van der Waals surface area contributed by atoms with Crippen LogP contribution in [-0.4, -0.2) is 16.2 Å². The van der Waals surface area contributed by atoms with Crippen molar-refractivity contribution >= 4 is 27.4 Å². The van der Waals surface area contributed by atoms with Gasteiger partial charge in [-0.05, 0) is 41.8 Å². The largest absolute Gasteiger partial charge is 0.508 e. The molecule has 0 spiro atoms. The van der Waals surface area contributed by atoms with Crippen LogP contribution < -0.4 is 0 Å². The second-order valence-electron chi connectivity index (χ2n) is 4.66. The molecule has 100 valence electrons. The van der Waals surface area contributed by atoms with Crippen molar-refractivity contribution in [2.24, 2.45) is 0 Å². The molecule has 0 aliphatic carbocycles. The molecule has 2 aromatic carbocycles. The van der Waals surface area contributed by atoms with Gasteiger partial charge in [-0.15, -0.1) is 11.3 Å². The molecule has 3 nitrogen and oxygen atoms in total. The highest BCUT2D eigenvalue weighted by molar-refractivity contribution is 7.17. The normalized spacial score (nSPS) is 10.8. The lowest BCUT2D eigenvalue weighted by molar-refractivity contribution is 0.0699. The Hall–Kier alpha value is -2.33. The van der Waals surface area contributed by atoms with E-state index in [1.165, 1.54) is 11.3 Å². The summed E-state index contributed by atoms with van der Waals surface area (Å²) in [7, 11) is 0. The van der Waals surface area contributed by atoms with Gasteiger partial charge in [0, 0.05) is 15.5 Å². The van der Waals surface area contributed by atoms with Crippen LogP contribution in [0.4, 0.5) is 0 Å². The van der Waals surface area contributed by atoms with Crippen molar-refractivity contribution in [3.05, 3.63) is 52.9 Å². The summed E-state index contributed by atoms with van der Waals surface area (Å²) in [6.45, 7) is 1.94. The van der Waals surface area contributed by atoms with Gasteiger partial charge in [-0.25, -0.2) is 4.79 Å². The van der Waals surface area contributed by atoms with Crippen molar-refractivity contribution in [3.8, 4) is 16.9 Å². The van der Waals surface area contributed by atoms with E-state index in [0.29, 0.717) is 5.56 Å². The zero-order chi connectivity index (χ0) is 14.3. The van der Waals surface area contributed by atoms with Crippen LogP contribution in [0.15, 0.2) is 41.8 Å². The summed E-state index contributed by atoms with van der Waals surface area (Å²) in [6, 6.07) is 11.0. The minimum Gasteiger partial charge on any atom is -0.508 e. The lowest BCUT2D eigenvalue weighted by Gasteiger charge is -2.07. The zero-order valence-corrected chi connectivity index (χ0v) is 11.6. The molecule has 0 saturated carbocycles. The SMILES string of the molecule is Cc1cc(O)ccc1-c1ccc2c(C(=O)O)csc2c1. The van der Waals surface area contributed by atoms with Crippen LogP contribution in [0.5, 0.6) is 5.75 Å². The quantitative estimate of drug-likeness (QED) is 0.738. The van der Waals surface area contributed by atoms with Gasteiger partial charge in [0.15, 0.2) is 0 Å². The molecule has 3 rings (SSSR count). The second-order valence-corrected chi connectivity index (χ2v) is 5.58. The van der Waals surface area contributed by atoms with E-state index < -0.39 is 5.97 Å². The van der Waals surface area contributed by atoms with Gasteiger partial charge in [-0.3, -0.25) is 0 Å². The van der Waals surface area contributed by atoms with E-state index in [4.69, 9.17) is 5.11 Å². The highest BCUT2D eigenvalue weighted by Crippen LogP contribution is 2.33. The zero-order valence-electron chi connectivity index (χ0n) is 10.8. The summed E-state index contributed by atoms with van der Waals surface area (Å²) in [4.78, 5) is 11.1. The molecular weight excluding hydrogens is 272 g/mol. The first-order chi connectivity index (χ1) is 9.56. The average molecular weight is 284 g/mol. The van der Waals surface area contributed by atoms with Gasteiger partial charge in [-0.2, -0.15) is 0 Å². The van der Waals surface area contributed by atoms with E-state index >= 15 is 0 Å². The van der Waals surface area contributed by atoms with Crippen LogP contribution >= 0.6 is 11.3 Å². The van der Waals surface area contributed by atoms with Crippen LogP contribution in [0.3, 0.4) is 0 Å². The maximum Gasteiger partial charge on any atom is 0.337 e. The Morgan fingerprint density at radius 2 is 1.95 bits per heavy atom. The van der Waals surface area contributed by atoms with Crippen LogP contribution in [-0.2, 0) is 0 Å². The minimum atomic E-state index is -0.898. The van der Waals surface area contributed by atoms with E-state index in [-0.39, 0.29) is 5.75 Å². The van der Waals surface area contributed by atoms with E-state index in [2.05, 4.69) is 0 Å². The molecule has 20 heavy (non-hydrogen) atoms. The van der Waals surface area contributed by atoms with Crippen molar-refractivity contribution in [1.29, 1.82) is 0 Å². The first kappa shape index (κ1) is 12.7. The van der Waals surface area contributed by atoms with Crippen LogP contribution in [0.25, 0.3) is 21.2 Å². The van der Waals surface area contributed by atoms with Crippen LogP contribution in [0.1, 0.15) is 15.9 Å². The van der Waals surface area contributed by atoms with Gasteiger partial charge in [-0.1, -0.05) is 18.2 Å². The van der Waals surface area contributed by atoms with Gasteiger partial charge in [0.05, 0.1) is 5.56 Å². The third-order valence-corrected chi connectivity index (χ3v) is 4.27. The molecule has 0 fully saturated rings. The lowest BCUT2D eigenvalue weighted by atomic mass is 9.99. The first-order valence-corrected chi connectivity index (χ1v) is 6.99. The van der Waals surface area contributed by atoms with E-state index in [1.54, 1.807) is 17.5 Å². The van der Waals surface area contributed by atoms with E-state index in [9.17, 15) is 9.90 Å². The molecule has 3 aromatic rings. The predicted octanol–water partition coefficient (Wildman–Crippen LogP) is 4.28. The number of thiophene rings is 1. The first-order valence-electron chi connectivity index (χ1n) is 6.11. The number of fused-ring (bicyclic) bond motifs is 1. The Kier molecular flexibility index (Phi) is 2.95. The Morgan fingerprint density at radius 1 is 1.15 bits per heavy atom. The van der Waals surface area contributed by atoms with Crippen molar-refractivity contribution < 1.29 is 15.0 Å². The molecule has 2 N–H and O–H groups in total. The van der Waals surface area contributed by atoms with Gasteiger partial charge in [0.1, 0.15) is 5.75 Å². The van der Waals surface area contributed by atoms with Gasteiger partial charge in [0.25, 0.3) is 0 Å². The molecule has 1 aromatic heterocycles. The molecule has 0 unspecified atom stereocenters. The fourth-order valence-electron chi connectivity index (χ4n) is 2.33. The number of carboxylic acids is 1. The molecule has 0 amide bonds. The van der Waals surface area contributed by atoms with Crippen LogP contribution in [0, 0.1) is 6.92 Å². The summed E-state index contributed by atoms with van der Waals surface area (Å²) in [5.41, 5.74) is 3.39. The third kappa shape index (κ3) is 2.04. The van der Waals surface area contributed by atoms with E-state index in [0.717, 1.165) is 26.8 Å². The average Bonchev–Trinajstić information content (AvgIpc) is 2.81. The summed E-state index contributed by atoms with van der Waals surface area (Å²) in [6.07, 6.45) is 0. The number of aryl methyl sites for hydroxylation is 1. The van der Waals surface area contributed by atoms with Crippen molar-refractivity contribution in [2.45, 2.75) is 6.92 Å². The smallest absolute Gasteiger partial charge is 0.337 e. The highest BCUT2D eigenvalue weighted by atomic mass is 32.1. The fourth-order valence-corrected chi connectivity index (χ4v) is 3.31. The summed E-state index contributed by atoms with van der Waals surface area (Å²) in [5.74, 6) is -0.651. The topological polar surface area (TPSA) is 57.5 Å². The predicted molar refractivity (Wildman–Crippen MR) is 80.6 cm³/mol.